The monoisotopic (exact) mass is 345 g/mol. The number of rotatable bonds is 5. The van der Waals surface area contributed by atoms with Crippen molar-refractivity contribution in [3.63, 3.8) is 0 Å². The smallest absolute Gasteiger partial charge is 0.261 e. The van der Waals surface area contributed by atoms with E-state index in [2.05, 4.69) is 4.99 Å². The predicted octanol–water partition coefficient (Wildman–Crippen LogP) is 3.42. The second-order valence-corrected chi connectivity index (χ2v) is 6.41. The molecule has 0 bridgehead atoms. The number of aryl methyl sites for hydroxylation is 2. The molecule has 0 aliphatic carbocycles. The van der Waals surface area contributed by atoms with Crippen molar-refractivity contribution < 1.29 is 0 Å². The van der Waals surface area contributed by atoms with E-state index in [0.717, 1.165) is 22.3 Å². The van der Waals surface area contributed by atoms with Gasteiger partial charge >= 0.3 is 0 Å². The fourth-order valence-corrected chi connectivity index (χ4v) is 2.87. The maximum Gasteiger partial charge on any atom is 0.261 e. The van der Waals surface area contributed by atoms with Crippen LogP contribution >= 0.6 is 0 Å². The summed E-state index contributed by atoms with van der Waals surface area (Å²) in [5.74, 6) is 0.275. The molecule has 3 aromatic rings. The molecule has 1 heterocycles. The van der Waals surface area contributed by atoms with Crippen molar-refractivity contribution >= 4 is 5.84 Å². The summed E-state index contributed by atoms with van der Waals surface area (Å²) in [7, 11) is 0. The molecule has 4 heteroatoms. The molecule has 0 atom stereocenters. The van der Waals surface area contributed by atoms with Gasteiger partial charge in [-0.2, -0.15) is 0 Å². The lowest BCUT2D eigenvalue weighted by Gasteiger charge is -2.10. The van der Waals surface area contributed by atoms with E-state index < -0.39 is 0 Å². The zero-order chi connectivity index (χ0) is 18.5. The summed E-state index contributed by atoms with van der Waals surface area (Å²) in [6.45, 7) is 5.07. The zero-order valence-electron chi connectivity index (χ0n) is 15.1. The third-order valence-corrected chi connectivity index (χ3v) is 4.58. The van der Waals surface area contributed by atoms with Gasteiger partial charge in [0.2, 0.25) is 0 Å². The normalized spacial score (nSPS) is 11.5. The molecule has 3 rings (SSSR count). The lowest BCUT2D eigenvalue weighted by molar-refractivity contribution is 0.753. The van der Waals surface area contributed by atoms with E-state index in [-0.39, 0.29) is 11.4 Å². The second-order valence-electron chi connectivity index (χ2n) is 6.41. The maximum absolute atomic E-state index is 12.8. The molecule has 2 aromatic carbocycles. The van der Waals surface area contributed by atoms with Gasteiger partial charge in [0.05, 0.1) is 18.7 Å². The Bertz CT molecular complexity index is 1000. The summed E-state index contributed by atoms with van der Waals surface area (Å²) >= 11 is 0. The van der Waals surface area contributed by atoms with Crippen LogP contribution in [0.1, 0.15) is 27.8 Å². The van der Waals surface area contributed by atoms with E-state index in [1.165, 1.54) is 0 Å². The van der Waals surface area contributed by atoms with E-state index >= 15 is 0 Å². The van der Waals surface area contributed by atoms with Gasteiger partial charge in [-0.3, -0.25) is 9.79 Å². The van der Waals surface area contributed by atoms with Gasteiger partial charge in [-0.1, -0.05) is 48.5 Å². The summed E-state index contributed by atoms with van der Waals surface area (Å²) < 4.78 is 1.67. The maximum atomic E-state index is 12.8. The quantitative estimate of drug-likeness (QED) is 0.569. The molecule has 132 valence electrons. The lowest BCUT2D eigenvalue weighted by Crippen LogP contribution is -2.30. The van der Waals surface area contributed by atoms with Crippen LogP contribution in [0.3, 0.4) is 0 Å². The first-order chi connectivity index (χ1) is 12.6. The molecular weight excluding hydrogens is 322 g/mol. The molecule has 26 heavy (non-hydrogen) atoms. The van der Waals surface area contributed by atoms with Crippen LogP contribution in [0.4, 0.5) is 0 Å². The van der Waals surface area contributed by atoms with Gasteiger partial charge in [-0.25, -0.2) is 0 Å². The van der Waals surface area contributed by atoms with Gasteiger partial charge in [0.25, 0.3) is 5.56 Å². The number of nitrogens with two attached hydrogens (primary N) is 1. The number of hydrogen-bond acceptors (Lipinski definition) is 2. The molecular formula is C22H23N3O. The Hall–Kier alpha value is -3.14. The molecule has 0 aliphatic heterocycles. The molecule has 1 aromatic heterocycles. The predicted molar refractivity (Wildman–Crippen MR) is 107 cm³/mol. The van der Waals surface area contributed by atoms with Crippen LogP contribution in [-0.2, 0) is 13.1 Å². The average molecular weight is 345 g/mol. The van der Waals surface area contributed by atoms with E-state index in [1.54, 1.807) is 16.8 Å². The standard InChI is InChI=1S/C22H23N3O/c1-16-8-3-5-10-18(16)14-24-21(23)20-12-7-13-25(22(20)26)15-19-11-6-4-9-17(19)2/h3-13H,14-15H2,1-2H3,(H2,23,24). The van der Waals surface area contributed by atoms with Crippen molar-refractivity contribution in [2.24, 2.45) is 10.7 Å². The third kappa shape index (κ3) is 3.91. The van der Waals surface area contributed by atoms with Crippen molar-refractivity contribution in [2.75, 3.05) is 0 Å². The number of aliphatic imine (C=N–C) groups is 1. The summed E-state index contributed by atoms with van der Waals surface area (Å²) in [4.78, 5) is 17.2. The van der Waals surface area contributed by atoms with Crippen LogP contribution < -0.4 is 11.3 Å². The van der Waals surface area contributed by atoms with Crippen LogP contribution in [0.15, 0.2) is 76.6 Å². The van der Waals surface area contributed by atoms with Gasteiger partial charge in [0, 0.05) is 6.20 Å². The minimum Gasteiger partial charge on any atom is -0.383 e. The van der Waals surface area contributed by atoms with E-state index in [4.69, 9.17) is 5.73 Å². The molecule has 0 amide bonds. The number of benzene rings is 2. The molecule has 0 spiro atoms. The minimum atomic E-state index is -0.123. The highest BCUT2D eigenvalue weighted by molar-refractivity contribution is 5.97. The Kier molecular flexibility index (Phi) is 5.32. The Morgan fingerprint density at radius 1 is 0.923 bits per heavy atom. The molecule has 0 unspecified atom stereocenters. The van der Waals surface area contributed by atoms with Crippen molar-refractivity contribution in [2.45, 2.75) is 26.9 Å². The van der Waals surface area contributed by atoms with Crippen molar-refractivity contribution in [3.8, 4) is 0 Å². The van der Waals surface area contributed by atoms with Crippen molar-refractivity contribution in [3.05, 3.63) is 105 Å². The van der Waals surface area contributed by atoms with Crippen LogP contribution in [0, 0.1) is 13.8 Å². The van der Waals surface area contributed by atoms with Crippen LogP contribution in [0.5, 0.6) is 0 Å². The van der Waals surface area contributed by atoms with Gasteiger partial charge in [-0.05, 0) is 48.2 Å². The summed E-state index contributed by atoms with van der Waals surface area (Å²) in [6.07, 6.45) is 1.78. The fraction of sp³-hybridized carbons (Fsp3) is 0.182. The minimum absolute atomic E-state index is 0.123. The van der Waals surface area contributed by atoms with Gasteiger partial charge in [-0.15, -0.1) is 0 Å². The SMILES string of the molecule is Cc1ccccc1CN=C(N)c1cccn(Cc2ccccc2C)c1=O. The molecule has 0 fully saturated rings. The first-order valence-electron chi connectivity index (χ1n) is 8.65. The van der Waals surface area contributed by atoms with E-state index in [0.29, 0.717) is 18.7 Å². The van der Waals surface area contributed by atoms with Gasteiger partial charge in [0.1, 0.15) is 5.84 Å². The van der Waals surface area contributed by atoms with E-state index in [1.807, 2.05) is 68.4 Å². The number of hydrogen-bond donors (Lipinski definition) is 1. The molecule has 4 nitrogen and oxygen atoms in total. The summed E-state index contributed by atoms with van der Waals surface area (Å²) in [5, 5.41) is 0. The highest BCUT2D eigenvalue weighted by Gasteiger charge is 2.08. The van der Waals surface area contributed by atoms with Crippen LogP contribution in [-0.4, -0.2) is 10.4 Å². The average Bonchev–Trinajstić information content (AvgIpc) is 2.64. The number of nitrogens with zero attached hydrogens (tertiary/aromatic N) is 2. The van der Waals surface area contributed by atoms with Gasteiger partial charge in [0.15, 0.2) is 0 Å². The Morgan fingerprint density at radius 2 is 1.54 bits per heavy atom. The van der Waals surface area contributed by atoms with E-state index in [9.17, 15) is 4.79 Å². The number of pyridine rings is 1. The molecule has 0 saturated carbocycles. The Morgan fingerprint density at radius 3 is 2.19 bits per heavy atom. The molecule has 2 N–H and O–H groups in total. The molecule has 0 aliphatic rings. The Labute approximate surface area is 153 Å². The highest BCUT2D eigenvalue weighted by atomic mass is 16.1. The van der Waals surface area contributed by atoms with Crippen molar-refractivity contribution in [1.29, 1.82) is 0 Å². The first kappa shape index (κ1) is 17.7. The van der Waals surface area contributed by atoms with Crippen LogP contribution in [0.2, 0.25) is 0 Å². The largest absolute Gasteiger partial charge is 0.383 e. The summed E-state index contributed by atoms with van der Waals surface area (Å²) in [6, 6.07) is 19.7. The van der Waals surface area contributed by atoms with Crippen LogP contribution in [0.25, 0.3) is 0 Å². The summed E-state index contributed by atoms with van der Waals surface area (Å²) in [5.41, 5.74) is 11.0. The lowest BCUT2D eigenvalue weighted by atomic mass is 10.1. The second kappa shape index (κ2) is 7.83. The molecule has 0 radical (unpaired) electrons. The molecule has 0 saturated heterocycles. The van der Waals surface area contributed by atoms with Gasteiger partial charge < -0.3 is 10.3 Å². The zero-order valence-corrected chi connectivity index (χ0v) is 15.1. The first-order valence-corrected chi connectivity index (χ1v) is 8.65. The van der Waals surface area contributed by atoms with Crippen molar-refractivity contribution in [1.82, 2.24) is 4.57 Å². The topological polar surface area (TPSA) is 60.4 Å². The Balaban J connectivity index is 1.87. The fourth-order valence-electron chi connectivity index (χ4n) is 2.87. The third-order valence-electron chi connectivity index (χ3n) is 4.58. The number of amidine groups is 1. The number of aromatic nitrogens is 1. The highest BCUT2D eigenvalue weighted by Crippen LogP contribution is 2.10.